The fraction of sp³-hybridized carbons (Fsp3) is 0.690. The Hall–Kier alpha value is -4.29. The molecule has 2 aromatic rings. The van der Waals surface area contributed by atoms with Gasteiger partial charge in [0.15, 0.2) is 5.13 Å². The van der Waals surface area contributed by atoms with Gasteiger partial charge >= 0.3 is 18.0 Å². The van der Waals surface area contributed by atoms with Gasteiger partial charge in [-0.15, -0.1) is 16.9 Å². The number of anilines is 1. The first-order valence-electron chi connectivity index (χ1n) is 16.3. The lowest BCUT2D eigenvalue weighted by molar-refractivity contribution is -0.180. The monoisotopic (exact) mass is 801 g/mol. The number of nitrogen functional groups attached to an aromatic ring is 1. The molecule has 3 amide bonds. The zero-order valence-corrected chi connectivity index (χ0v) is 32.5. The van der Waals surface area contributed by atoms with Crippen LogP contribution in [-0.4, -0.2) is 137 Å². The van der Waals surface area contributed by atoms with Gasteiger partial charge < -0.3 is 45.4 Å². The van der Waals surface area contributed by atoms with E-state index < -0.39 is 64.5 Å². The molecule has 2 aliphatic heterocycles. The Morgan fingerprint density at radius 2 is 1.92 bits per heavy atom. The number of hydrogen-bond acceptors (Lipinski definition) is 20. The van der Waals surface area contributed by atoms with Crippen LogP contribution in [-0.2, 0) is 44.8 Å². The number of thioether (sulfide) groups is 2. The van der Waals surface area contributed by atoms with Crippen LogP contribution in [0, 0.1) is 10.8 Å². The van der Waals surface area contributed by atoms with E-state index in [1.54, 1.807) is 41.5 Å². The van der Waals surface area contributed by atoms with Crippen LogP contribution >= 0.6 is 35.1 Å². The number of hydrogen-bond donors (Lipinski definition) is 4. The number of ether oxygens (including phenoxy) is 3. The Kier molecular flexibility index (Phi) is 13.8. The number of carbonyl (C=O) groups excluding carboxylic acids is 5. The van der Waals surface area contributed by atoms with Crippen molar-refractivity contribution in [2.75, 3.05) is 50.3 Å². The Morgan fingerprint density at radius 1 is 1.17 bits per heavy atom. The minimum Gasteiger partial charge on any atom is -0.444 e. The number of tetrazole rings is 1. The van der Waals surface area contributed by atoms with Crippen LogP contribution < -0.4 is 16.4 Å². The topological polar surface area (TPSA) is 278 Å². The maximum absolute atomic E-state index is 13.6. The third kappa shape index (κ3) is 11.1. The lowest BCUT2D eigenvalue weighted by Crippen LogP contribution is -2.74. The summed E-state index contributed by atoms with van der Waals surface area (Å²) in [6, 6.07) is -0.988. The molecule has 0 spiro atoms. The maximum atomic E-state index is 13.6. The first-order valence-corrected chi connectivity index (χ1v) is 19.1. The average Bonchev–Trinajstić information content (AvgIpc) is 3.72. The van der Waals surface area contributed by atoms with Gasteiger partial charge in [-0.3, -0.25) is 19.2 Å². The van der Waals surface area contributed by atoms with Crippen LogP contribution in [0.15, 0.2) is 10.3 Å². The van der Waals surface area contributed by atoms with Crippen LogP contribution in [0.25, 0.3) is 0 Å². The number of alkyl carbamates (subject to hydrolysis) is 1. The normalized spacial score (nSPS) is 20.2. The highest BCUT2D eigenvalue weighted by Crippen LogP contribution is 2.45. The predicted octanol–water partition coefficient (Wildman–Crippen LogP) is 0.00320. The summed E-state index contributed by atoms with van der Waals surface area (Å²) in [5, 5.41) is 29.8. The molecule has 0 radical (unpaired) electrons. The Balaban J connectivity index is 1.41. The van der Waals surface area contributed by atoms with Crippen molar-refractivity contribution in [3.05, 3.63) is 5.82 Å². The summed E-state index contributed by atoms with van der Waals surface area (Å²) in [7, 11) is 0. The van der Waals surface area contributed by atoms with Crippen molar-refractivity contribution >= 4 is 75.7 Å². The predicted molar refractivity (Wildman–Crippen MR) is 190 cm³/mol. The van der Waals surface area contributed by atoms with E-state index in [1.807, 2.05) is 0 Å². The second kappa shape index (κ2) is 17.7. The summed E-state index contributed by atoms with van der Waals surface area (Å²) in [4.78, 5) is 75.5. The number of aromatic nitrogens is 6. The van der Waals surface area contributed by atoms with Gasteiger partial charge in [0.25, 0.3) is 5.91 Å². The highest BCUT2D eigenvalue weighted by molar-refractivity contribution is 8.00. The van der Waals surface area contributed by atoms with Gasteiger partial charge in [-0.1, -0.05) is 16.9 Å². The van der Waals surface area contributed by atoms with Crippen LogP contribution in [0.5, 0.6) is 0 Å². The molecule has 2 saturated heterocycles. The van der Waals surface area contributed by atoms with Crippen molar-refractivity contribution in [1.82, 2.24) is 45.1 Å². The largest absolute Gasteiger partial charge is 0.444 e. The number of aliphatic hydroxyl groups excluding tert-OH is 1. The quantitative estimate of drug-likeness (QED) is 0.0331. The summed E-state index contributed by atoms with van der Waals surface area (Å²) < 4.78 is 21.2. The second-order valence-electron chi connectivity index (χ2n) is 13.8. The molecule has 2 aromatic heterocycles. The highest BCUT2D eigenvalue weighted by Gasteiger charge is 2.58. The first-order chi connectivity index (χ1) is 24.9. The second-order valence-corrected chi connectivity index (χ2v) is 16.7. The fourth-order valence-corrected chi connectivity index (χ4v) is 7.81. The molecule has 2 fully saturated rings. The van der Waals surface area contributed by atoms with E-state index in [-0.39, 0.29) is 61.0 Å². The van der Waals surface area contributed by atoms with Crippen LogP contribution in [0.1, 0.15) is 53.8 Å². The van der Waals surface area contributed by atoms with Gasteiger partial charge in [-0.05, 0) is 52.0 Å². The third-order valence-electron chi connectivity index (χ3n) is 7.25. The molecule has 4 rings (SSSR count). The van der Waals surface area contributed by atoms with Crippen LogP contribution in [0.2, 0.25) is 0 Å². The molecular formula is C29H43N11O10S3. The van der Waals surface area contributed by atoms with Crippen LogP contribution in [0.3, 0.4) is 0 Å². The highest BCUT2D eigenvalue weighted by atomic mass is 32.2. The Morgan fingerprint density at radius 3 is 2.58 bits per heavy atom. The van der Waals surface area contributed by atoms with Gasteiger partial charge in [-0.2, -0.15) is 9.36 Å². The molecule has 53 heavy (non-hydrogen) atoms. The molecule has 2 unspecified atom stereocenters. The standard InChI is InChI=1S/C29H43N11O10S3/c1-27(2,3)22(44)47-15-48-23(45)29(14-52-25-34-37-38-40(25)9-10-41)12-39-20(43)17(21(39)51-13-29)32-19(42)16(18-33-24(30)53-36-18)35-49-11-7-8-31-26(46)50-28(4,5)6/h17,21,41H,7-15H2,1-6H3,(H,31,46)(H,32,42)(H2,30,33,36)/t17?,21-,29?/m1/s1. The average molecular weight is 802 g/mol. The number of fused-ring (bicyclic) bond motifs is 1. The van der Waals surface area contributed by atoms with Gasteiger partial charge in [0.1, 0.15) is 29.0 Å². The molecule has 4 heterocycles. The number of nitrogens with zero attached hydrogens (tertiary/aromatic N) is 8. The van der Waals surface area contributed by atoms with Gasteiger partial charge in [0, 0.05) is 42.5 Å². The molecule has 5 N–H and O–H groups in total. The molecule has 24 heteroatoms. The molecule has 21 nitrogen and oxygen atoms in total. The summed E-state index contributed by atoms with van der Waals surface area (Å²) in [5.74, 6) is -2.42. The number of nitrogens with two attached hydrogens (primary N) is 1. The summed E-state index contributed by atoms with van der Waals surface area (Å²) >= 11 is 3.22. The molecular weight excluding hydrogens is 759 g/mol. The molecule has 0 aromatic carbocycles. The van der Waals surface area contributed by atoms with Gasteiger partial charge in [0.05, 0.1) is 18.6 Å². The number of rotatable bonds is 16. The van der Waals surface area contributed by atoms with Crippen molar-refractivity contribution in [3.63, 3.8) is 0 Å². The smallest absolute Gasteiger partial charge is 0.407 e. The minimum absolute atomic E-state index is 0.0127. The number of nitrogens with one attached hydrogen (secondary N) is 2. The summed E-state index contributed by atoms with van der Waals surface area (Å²) in [5.41, 5.74) is 2.67. The van der Waals surface area contributed by atoms with Crippen molar-refractivity contribution in [1.29, 1.82) is 0 Å². The Bertz CT molecular complexity index is 1680. The van der Waals surface area contributed by atoms with E-state index in [0.717, 1.165) is 23.3 Å². The summed E-state index contributed by atoms with van der Waals surface area (Å²) in [6.07, 6.45) is -0.256. The number of carbonyl (C=O) groups is 5. The lowest BCUT2D eigenvalue weighted by atomic mass is 9.89. The van der Waals surface area contributed by atoms with E-state index in [2.05, 4.69) is 40.7 Å². The van der Waals surface area contributed by atoms with Crippen molar-refractivity contribution < 1.29 is 48.1 Å². The first kappa shape index (κ1) is 41.5. The molecule has 0 bridgehead atoms. The molecule has 292 valence electrons. The minimum atomic E-state index is -1.29. The van der Waals surface area contributed by atoms with Crippen molar-refractivity contribution in [2.45, 2.75) is 76.7 Å². The zero-order chi connectivity index (χ0) is 39.0. The molecule has 3 atom stereocenters. The van der Waals surface area contributed by atoms with Crippen molar-refractivity contribution in [2.24, 2.45) is 16.0 Å². The molecule has 0 aliphatic carbocycles. The number of amides is 3. The fourth-order valence-electron chi connectivity index (χ4n) is 4.62. The van der Waals surface area contributed by atoms with E-state index in [9.17, 15) is 29.1 Å². The number of β-lactam (4-membered cyclic amide) rings is 1. The summed E-state index contributed by atoms with van der Waals surface area (Å²) in [6.45, 7) is 9.66. The van der Waals surface area contributed by atoms with E-state index >= 15 is 0 Å². The molecule has 2 aliphatic rings. The SMILES string of the molecule is CC(C)(C)OC(=O)NCCCON=C(C(=O)NC1C(=O)N2CC(CSc3nnnn3CCO)(C(=O)OCOC(=O)C(C)(C)C)CS[C@H]12)c1nsc(N)n1. The number of esters is 2. The van der Waals surface area contributed by atoms with E-state index in [1.165, 1.54) is 21.3 Å². The molecule has 0 saturated carbocycles. The van der Waals surface area contributed by atoms with Crippen molar-refractivity contribution in [3.8, 4) is 0 Å². The maximum Gasteiger partial charge on any atom is 0.407 e. The van der Waals surface area contributed by atoms with Gasteiger partial charge in [0.2, 0.25) is 29.4 Å². The van der Waals surface area contributed by atoms with Gasteiger partial charge in [-0.25, -0.2) is 9.48 Å². The number of oxime groups is 1. The Labute approximate surface area is 317 Å². The van der Waals surface area contributed by atoms with Crippen LogP contribution in [0.4, 0.5) is 9.93 Å². The lowest BCUT2D eigenvalue weighted by Gasteiger charge is -2.54. The van der Waals surface area contributed by atoms with E-state index in [4.69, 9.17) is 24.8 Å². The third-order valence-corrected chi connectivity index (χ3v) is 10.6. The van der Waals surface area contributed by atoms with E-state index in [0.29, 0.717) is 11.6 Å². The number of aliphatic hydroxyl groups is 1. The zero-order valence-electron chi connectivity index (χ0n) is 30.0.